The molecule has 1 aromatic heterocycles. The molecule has 1 unspecified atom stereocenters. The van der Waals surface area contributed by atoms with Gasteiger partial charge in [-0.05, 0) is 63.4 Å². The molecule has 0 spiro atoms. The summed E-state index contributed by atoms with van der Waals surface area (Å²) in [5, 5.41) is 6.80. The molecule has 39 heavy (non-hydrogen) atoms. The number of para-hydroxylation sites is 1. The highest BCUT2D eigenvalue weighted by molar-refractivity contribution is 6.08. The van der Waals surface area contributed by atoms with Crippen molar-refractivity contribution >= 4 is 29.2 Å². The molecule has 0 bridgehead atoms. The monoisotopic (exact) mass is 538 g/mol. The smallest absolute Gasteiger partial charge is 0.276 e. The first-order chi connectivity index (χ1) is 18.4. The van der Waals surface area contributed by atoms with E-state index in [9.17, 15) is 18.4 Å². The van der Waals surface area contributed by atoms with Crippen LogP contribution in [0, 0.1) is 17.6 Å². The number of nitrogens with zero attached hydrogens (tertiary/aromatic N) is 4. The highest BCUT2D eigenvalue weighted by atomic mass is 19.1. The number of halogens is 2. The fourth-order valence-electron chi connectivity index (χ4n) is 4.17. The minimum absolute atomic E-state index is 0.190. The molecule has 2 heterocycles. The highest BCUT2D eigenvalue weighted by Crippen LogP contribution is 2.37. The number of aromatic nitrogens is 2. The Morgan fingerprint density at radius 1 is 1.10 bits per heavy atom. The van der Waals surface area contributed by atoms with Gasteiger partial charge < -0.3 is 16.0 Å². The van der Waals surface area contributed by atoms with E-state index in [1.165, 1.54) is 12.1 Å². The number of hydrogen-bond donors (Lipinski definition) is 2. The lowest BCUT2D eigenvalue weighted by atomic mass is 10.1. The maximum absolute atomic E-state index is 14.3. The molecule has 3 aromatic rings. The normalized spacial score (nSPS) is 15.3. The number of amides is 1. The van der Waals surface area contributed by atoms with Gasteiger partial charge in [-0.2, -0.15) is 9.78 Å². The number of hydrogen-bond acceptors (Lipinski definition) is 6. The quantitative estimate of drug-likeness (QED) is 0.333. The molecule has 10 heteroatoms. The molecule has 2 aromatic carbocycles. The van der Waals surface area contributed by atoms with Gasteiger partial charge >= 0.3 is 0 Å². The molecule has 1 atom stereocenters. The summed E-state index contributed by atoms with van der Waals surface area (Å²) in [6.45, 7) is 13.6. The summed E-state index contributed by atoms with van der Waals surface area (Å²) >= 11 is 0. The predicted octanol–water partition coefficient (Wildman–Crippen LogP) is 5.44. The molecule has 1 aliphatic heterocycles. The minimum Gasteiger partial charge on any atom is -0.398 e. The van der Waals surface area contributed by atoms with Crippen molar-refractivity contribution in [2.45, 2.75) is 53.5 Å². The van der Waals surface area contributed by atoms with Gasteiger partial charge in [-0.1, -0.05) is 26.8 Å². The Morgan fingerprint density at radius 3 is 2.36 bits per heavy atom. The van der Waals surface area contributed by atoms with Gasteiger partial charge in [0.2, 0.25) is 0 Å². The zero-order valence-corrected chi connectivity index (χ0v) is 23.3. The van der Waals surface area contributed by atoms with E-state index in [-0.39, 0.29) is 11.2 Å². The van der Waals surface area contributed by atoms with Gasteiger partial charge in [-0.3, -0.25) is 14.6 Å². The standard InChI is InChI=1S/C27H30F2N6O2.C2H6/c1-16-12-13-34(15-16)24-17(14-31-27(2,3)4)20(30)8-9-21(24)32-26(37)22-10-11-23(36)35(33-22)25-18(28)6-5-7-19(25)29;1-2/h5-11,14,16H,12-13,15,30H2,1-4H3,(H,32,37);1-2H3. The highest BCUT2D eigenvalue weighted by Gasteiger charge is 2.26. The van der Waals surface area contributed by atoms with Crippen molar-refractivity contribution in [2.75, 3.05) is 29.0 Å². The second-order valence-corrected chi connectivity index (χ2v) is 10.2. The van der Waals surface area contributed by atoms with Crippen LogP contribution in [0.25, 0.3) is 5.69 Å². The second-order valence-electron chi connectivity index (χ2n) is 10.2. The molecule has 1 aliphatic rings. The first kappa shape index (κ1) is 29.5. The molecule has 8 nitrogen and oxygen atoms in total. The summed E-state index contributed by atoms with van der Waals surface area (Å²) in [5.41, 5.74) is 6.82. The number of nitrogens with two attached hydrogens (primary N) is 1. The molecule has 208 valence electrons. The van der Waals surface area contributed by atoms with Crippen molar-refractivity contribution in [1.82, 2.24) is 9.78 Å². The van der Waals surface area contributed by atoms with Crippen molar-refractivity contribution in [1.29, 1.82) is 0 Å². The number of carbonyl (C=O) groups is 1. The average Bonchev–Trinajstić information content (AvgIpc) is 3.31. The van der Waals surface area contributed by atoms with Gasteiger partial charge in [-0.15, -0.1) is 0 Å². The molecule has 1 amide bonds. The second kappa shape index (κ2) is 12.2. The lowest BCUT2D eigenvalue weighted by Crippen LogP contribution is -2.27. The number of nitrogen functional groups attached to an aromatic ring is 1. The van der Waals surface area contributed by atoms with E-state index in [0.29, 0.717) is 27.5 Å². The Bertz CT molecular complexity index is 1410. The number of nitrogens with one attached hydrogen (secondary N) is 1. The summed E-state index contributed by atoms with van der Waals surface area (Å²) in [5.74, 6) is -2.14. The van der Waals surface area contributed by atoms with Gasteiger partial charge in [-0.25, -0.2) is 8.78 Å². The van der Waals surface area contributed by atoms with Crippen LogP contribution in [0.4, 0.5) is 25.8 Å². The molecule has 0 aliphatic carbocycles. The van der Waals surface area contributed by atoms with Gasteiger partial charge in [0.25, 0.3) is 11.5 Å². The maximum atomic E-state index is 14.3. The number of rotatable bonds is 5. The Balaban J connectivity index is 0.00000205. The fraction of sp³-hybridized carbons (Fsp3) is 0.379. The topological polar surface area (TPSA) is 106 Å². The first-order valence-corrected chi connectivity index (χ1v) is 13.0. The van der Waals surface area contributed by atoms with Crippen molar-refractivity contribution in [3.8, 4) is 5.69 Å². The predicted molar refractivity (Wildman–Crippen MR) is 153 cm³/mol. The summed E-state index contributed by atoms with van der Waals surface area (Å²) in [7, 11) is 0. The summed E-state index contributed by atoms with van der Waals surface area (Å²) < 4.78 is 29.2. The lowest BCUT2D eigenvalue weighted by molar-refractivity contribution is 0.102. The molecular formula is C29H36F2N6O2. The van der Waals surface area contributed by atoms with E-state index in [1.54, 1.807) is 18.3 Å². The number of carbonyl (C=O) groups excluding carboxylic acids is 1. The molecule has 4 rings (SSSR count). The fourth-order valence-corrected chi connectivity index (χ4v) is 4.17. The Morgan fingerprint density at radius 2 is 1.77 bits per heavy atom. The third-order valence-corrected chi connectivity index (χ3v) is 6.00. The molecular weight excluding hydrogens is 502 g/mol. The molecule has 3 N–H and O–H groups in total. The van der Waals surface area contributed by atoms with Crippen LogP contribution in [-0.4, -0.2) is 40.5 Å². The SMILES string of the molecule is CC.CC1CCN(c2c(NC(=O)c3ccc(=O)n(-c4c(F)cccc4F)n3)ccc(N)c2C=NC(C)(C)C)C1. The molecule has 0 radical (unpaired) electrons. The number of benzene rings is 2. The lowest BCUT2D eigenvalue weighted by Gasteiger charge is -2.25. The zero-order chi connectivity index (χ0) is 28.9. The van der Waals surface area contributed by atoms with Crippen LogP contribution in [0.15, 0.2) is 52.3 Å². The summed E-state index contributed by atoms with van der Waals surface area (Å²) in [6, 6.07) is 8.84. The molecule has 1 saturated heterocycles. The third kappa shape index (κ3) is 6.87. The van der Waals surface area contributed by atoms with Crippen LogP contribution in [0.5, 0.6) is 0 Å². The van der Waals surface area contributed by atoms with E-state index in [4.69, 9.17) is 5.73 Å². The van der Waals surface area contributed by atoms with Gasteiger partial charge in [0.1, 0.15) is 11.4 Å². The minimum atomic E-state index is -0.973. The van der Waals surface area contributed by atoms with Crippen LogP contribution in [-0.2, 0) is 0 Å². The number of anilines is 3. The van der Waals surface area contributed by atoms with Crippen molar-refractivity contribution in [3.05, 3.63) is 75.7 Å². The van der Waals surface area contributed by atoms with Crippen molar-refractivity contribution in [3.63, 3.8) is 0 Å². The van der Waals surface area contributed by atoms with Crippen LogP contribution < -0.4 is 21.5 Å². The van der Waals surface area contributed by atoms with Crippen LogP contribution in [0.2, 0.25) is 0 Å². The Hall–Kier alpha value is -4.08. The average molecular weight is 539 g/mol. The summed E-state index contributed by atoms with van der Waals surface area (Å²) in [6.07, 6.45) is 2.71. The third-order valence-electron chi connectivity index (χ3n) is 6.00. The van der Waals surface area contributed by atoms with Gasteiger partial charge in [0, 0.05) is 36.6 Å². The zero-order valence-electron chi connectivity index (χ0n) is 23.3. The van der Waals surface area contributed by atoms with E-state index < -0.39 is 28.8 Å². The van der Waals surface area contributed by atoms with Crippen LogP contribution >= 0.6 is 0 Å². The van der Waals surface area contributed by atoms with Crippen molar-refractivity contribution in [2.24, 2.45) is 10.9 Å². The van der Waals surface area contributed by atoms with Crippen LogP contribution in [0.3, 0.4) is 0 Å². The largest absolute Gasteiger partial charge is 0.398 e. The van der Waals surface area contributed by atoms with Crippen molar-refractivity contribution < 1.29 is 13.6 Å². The van der Waals surface area contributed by atoms with E-state index in [1.807, 2.05) is 34.6 Å². The van der Waals surface area contributed by atoms with E-state index in [2.05, 4.69) is 27.2 Å². The molecule has 0 saturated carbocycles. The molecule has 1 fully saturated rings. The Kier molecular flexibility index (Phi) is 9.21. The Labute approximate surface area is 227 Å². The van der Waals surface area contributed by atoms with Gasteiger partial charge in [0.15, 0.2) is 11.6 Å². The first-order valence-electron chi connectivity index (χ1n) is 13.0. The van der Waals surface area contributed by atoms with E-state index in [0.717, 1.165) is 43.4 Å². The van der Waals surface area contributed by atoms with Crippen LogP contribution in [0.1, 0.15) is 64.0 Å². The van der Waals surface area contributed by atoms with Gasteiger partial charge in [0.05, 0.1) is 16.9 Å². The summed E-state index contributed by atoms with van der Waals surface area (Å²) in [4.78, 5) is 32.4. The maximum Gasteiger partial charge on any atom is 0.276 e. The van der Waals surface area contributed by atoms with E-state index >= 15 is 0 Å². The number of aliphatic imine (C=N–C) groups is 1.